The average molecular weight is 292 g/mol. The van der Waals surface area contributed by atoms with Crippen LogP contribution in [0.4, 0.5) is 0 Å². The minimum absolute atomic E-state index is 0.0254. The maximum Gasteiger partial charge on any atom is 0.220 e. The lowest BCUT2D eigenvalue weighted by molar-refractivity contribution is -0.121. The highest BCUT2D eigenvalue weighted by atomic mass is 16.5. The van der Waals surface area contributed by atoms with Crippen LogP contribution in [0.5, 0.6) is 5.75 Å². The van der Waals surface area contributed by atoms with Crippen molar-refractivity contribution in [3.05, 3.63) is 29.8 Å². The summed E-state index contributed by atoms with van der Waals surface area (Å²) in [7, 11) is 1.64. The van der Waals surface area contributed by atoms with Gasteiger partial charge >= 0.3 is 0 Å². The Kier molecular flexibility index (Phi) is 5.59. The number of carbonyl (C=O) groups is 1. The highest BCUT2D eigenvalue weighted by Gasteiger charge is 2.25. The highest BCUT2D eigenvalue weighted by molar-refractivity contribution is 5.76. The average Bonchev–Trinajstić information content (AvgIpc) is 2.90. The van der Waals surface area contributed by atoms with Crippen molar-refractivity contribution < 1.29 is 14.6 Å². The van der Waals surface area contributed by atoms with E-state index in [9.17, 15) is 9.90 Å². The molecular formula is C16H24N2O3. The molecule has 0 saturated carbocycles. The van der Waals surface area contributed by atoms with Crippen molar-refractivity contribution in [1.29, 1.82) is 0 Å². The molecule has 0 aromatic heterocycles. The fourth-order valence-electron chi connectivity index (χ4n) is 2.57. The van der Waals surface area contributed by atoms with E-state index in [1.165, 1.54) is 0 Å². The number of carbonyl (C=O) groups excluding carboxylic acids is 1. The van der Waals surface area contributed by atoms with Crippen LogP contribution in [0.1, 0.15) is 24.8 Å². The summed E-state index contributed by atoms with van der Waals surface area (Å²) in [5.74, 6) is 1.11. The number of hydrogen-bond donors (Lipinski definition) is 3. The van der Waals surface area contributed by atoms with Crippen LogP contribution < -0.4 is 15.4 Å². The van der Waals surface area contributed by atoms with Crippen LogP contribution in [-0.4, -0.2) is 43.9 Å². The smallest absolute Gasteiger partial charge is 0.220 e. The van der Waals surface area contributed by atoms with Gasteiger partial charge in [-0.3, -0.25) is 4.79 Å². The van der Waals surface area contributed by atoms with Crippen molar-refractivity contribution in [1.82, 2.24) is 10.6 Å². The maximum absolute atomic E-state index is 12.0. The minimum Gasteiger partial charge on any atom is -0.497 e. The van der Waals surface area contributed by atoms with Gasteiger partial charge in [-0.15, -0.1) is 0 Å². The Bertz CT molecular complexity index is 461. The van der Waals surface area contributed by atoms with Gasteiger partial charge in [-0.2, -0.15) is 0 Å². The van der Waals surface area contributed by atoms with Crippen LogP contribution >= 0.6 is 0 Å². The van der Waals surface area contributed by atoms with Crippen LogP contribution in [0.25, 0.3) is 0 Å². The molecule has 116 valence electrons. The normalized spacial score (nSPS) is 22.8. The van der Waals surface area contributed by atoms with Gasteiger partial charge in [0.25, 0.3) is 0 Å². The van der Waals surface area contributed by atoms with Crippen LogP contribution in [-0.2, 0) is 4.79 Å². The third-order valence-corrected chi connectivity index (χ3v) is 4.04. The number of aliphatic hydroxyl groups is 1. The lowest BCUT2D eigenvalue weighted by atomic mass is 9.97. The summed E-state index contributed by atoms with van der Waals surface area (Å²) in [4.78, 5) is 12.0. The molecule has 1 aliphatic heterocycles. The van der Waals surface area contributed by atoms with E-state index in [1.54, 1.807) is 7.11 Å². The van der Waals surface area contributed by atoms with E-state index in [0.717, 1.165) is 17.9 Å². The number of hydrogen-bond acceptors (Lipinski definition) is 4. The van der Waals surface area contributed by atoms with E-state index in [-0.39, 0.29) is 23.8 Å². The summed E-state index contributed by atoms with van der Waals surface area (Å²) in [6.07, 6.45) is 0.0899. The Labute approximate surface area is 125 Å². The second-order valence-corrected chi connectivity index (χ2v) is 5.67. The first-order valence-electron chi connectivity index (χ1n) is 7.39. The Morgan fingerprint density at radius 3 is 2.71 bits per heavy atom. The van der Waals surface area contributed by atoms with Crippen molar-refractivity contribution in [3.8, 4) is 5.75 Å². The van der Waals surface area contributed by atoms with Gasteiger partial charge in [0.1, 0.15) is 5.75 Å². The molecule has 3 unspecified atom stereocenters. The summed E-state index contributed by atoms with van der Waals surface area (Å²) >= 11 is 0. The van der Waals surface area contributed by atoms with E-state index in [1.807, 2.05) is 31.2 Å². The molecule has 0 bridgehead atoms. The molecule has 21 heavy (non-hydrogen) atoms. The van der Waals surface area contributed by atoms with Crippen LogP contribution in [0.2, 0.25) is 0 Å². The predicted octanol–water partition coefficient (Wildman–Crippen LogP) is 0.885. The molecular weight excluding hydrogens is 268 g/mol. The molecule has 0 aliphatic carbocycles. The molecule has 1 heterocycles. The number of nitrogens with one attached hydrogen (secondary N) is 2. The van der Waals surface area contributed by atoms with Crippen molar-refractivity contribution >= 4 is 5.91 Å². The monoisotopic (exact) mass is 292 g/mol. The zero-order valence-corrected chi connectivity index (χ0v) is 12.6. The van der Waals surface area contributed by atoms with Crippen LogP contribution in [0.3, 0.4) is 0 Å². The molecule has 1 aromatic rings. The summed E-state index contributed by atoms with van der Waals surface area (Å²) in [6.45, 7) is 3.94. The molecule has 1 saturated heterocycles. The summed E-state index contributed by atoms with van der Waals surface area (Å²) in [5, 5.41) is 15.7. The number of β-amino-alcohol motifs (C(OH)–C–C–N with tert-alkyl or cyclic N) is 1. The lowest BCUT2D eigenvalue weighted by Crippen LogP contribution is -2.34. The van der Waals surface area contributed by atoms with Gasteiger partial charge in [-0.1, -0.05) is 19.1 Å². The maximum atomic E-state index is 12.0. The Hall–Kier alpha value is -1.59. The van der Waals surface area contributed by atoms with Gasteiger partial charge < -0.3 is 20.5 Å². The van der Waals surface area contributed by atoms with Gasteiger partial charge in [0.2, 0.25) is 5.91 Å². The van der Waals surface area contributed by atoms with Crippen LogP contribution in [0.15, 0.2) is 24.3 Å². The van der Waals surface area contributed by atoms with E-state index in [0.29, 0.717) is 19.5 Å². The summed E-state index contributed by atoms with van der Waals surface area (Å²) in [5.41, 5.74) is 1.12. The van der Waals surface area contributed by atoms with E-state index >= 15 is 0 Å². The minimum atomic E-state index is -0.357. The number of amides is 1. The third-order valence-electron chi connectivity index (χ3n) is 4.04. The molecule has 5 heteroatoms. The SMILES string of the molecule is COc1ccc(C(C)CC(=O)NCC2CNCC2O)cc1. The zero-order valence-electron chi connectivity index (χ0n) is 12.6. The molecule has 0 radical (unpaired) electrons. The number of aliphatic hydroxyl groups excluding tert-OH is 1. The zero-order chi connectivity index (χ0) is 15.2. The first kappa shape index (κ1) is 15.8. The number of rotatable bonds is 6. The Morgan fingerprint density at radius 1 is 1.43 bits per heavy atom. The molecule has 5 nitrogen and oxygen atoms in total. The fourth-order valence-corrected chi connectivity index (χ4v) is 2.57. The second kappa shape index (κ2) is 7.43. The van der Waals surface area contributed by atoms with Crippen molar-refractivity contribution in [2.45, 2.75) is 25.4 Å². The quantitative estimate of drug-likeness (QED) is 0.728. The second-order valence-electron chi connectivity index (χ2n) is 5.67. The predicted molar refractivity (Wildman–Crippen MR) is 81.4 cm³/mol. The van der Waals surface area contributed by atoms with Gasteiger partial charge in [-0.05, 0) is 23.6 Å². The standard InChI is InChI=1S/C16H24N2O3/c1-11(12-3-5-14(21-2)6-4-12)7-16(20)18-9-13-8-17-10-15(13)19/h3-6,11,13,15,17,19H,7-10H2,1-2H3,(H,18,20). The van der Waals surface area contributed by atoms with Gasteiger partial charge in [0, 0.05) is 32.0 Å². The first-order valence-corrected chi connectivity index (χ1v) is 7.39. The van der Waals surface area contributed by atoms with Gasteiger partial charge in [0.05, 0.1) is 13.2 Å². The number of benzene rings is 1. The summed E-state index contributed by atoms with van der Waals surface area (Å²) < 4.78 is 5.13. The van der Waals surface area contributed by atoms with E-state index < -0.39 is 0 Å². The molecule has 0 spiro atoms. The molecule has 1 aromatic carbocycles. The largest absolute Gasteiger partial charge is 0.497 e. The van der Waals surface area contributed by atoms with Crippen molar-refractivity contribution in [2.24, 2.45) is 5.92 Å². The van der Waals surface area contributed by atoms with E-state index in [4.69, 9.17) is 4.74 Å². The molecule has 2 rings (SSSR count). The molecule has 1 aliphatic rings. The Balaban J connectivity index is 1.78. The van der Waals surface area contributed by atoms with Crippen molar-refractivity contribution in [2.75, 3.05) is 26.7 Å². The number of methoxy groups -OCH3 is 1. The van der Waals surface area contributed by atoms with Gasteiger partial charge in [-0.25, -0.2) is 0 Å². The molecule has 3 N–H and O–H groups in total. The van der Waals surface area contributed by atoms with Crippen molar-refractivity contribution in [3.63, 3.8) is 0 Å². The first-order chi connectivity index (χ1) is 10.1. The molecule has 3 atom stereocenters. The van der Waals surface area contributed by atoms with Gasteiger partial charge in [0.15, 0.2) is 0 Å². The lowest BCUT2D eigenvalue weighted by Gasteiger charge is -2.16. The summed E-state index contributed by atoms with van der Waals surface area (Å²) in [6, 6.07) is 7.79. The number of ether oxygens (including phenoxy) is 1. The highest BCUT2D eigenvalue weighted by Crippen LogP contribution is 2.21. The Morgan fingerprint density at radius 2 is 2.14 bits per heavy atom. The molecule has 1 amide bonds. The fraction of sp³-hybridized carbons (Fsp3) is 0.562. The van der Waals surface area contributed by atoms with E-state index in [2.05, 4.69) is 10.6 Å². The topological polar surface area (TPSA) is 70.6 Å². The van der Waals surface area contributed by atoms with Crippen LogP contribution in [0, 0.1) is 5.92 Å². The molecule has 1 fully saturated rings. The third kappa shape index (κ3) is 4.44.